The number of hydrogen-bond acceptors (Lipinski definition) is 3. The summed E-state index contributed by atoms with van der Waals surface area (Å²) >= 11 is 1.88. The predicted molar refractivity (Wildman–Crippen MR) is 77.1 cm³/mol. The molecule has 0 aliphatic rings. The SMILES string of the molecule is CCNC(Cc1cnn(CC)c1)c1ccc(C)s1. The van der Waals surface area contributed by atoms with Crippen LogP contribution in [0.3, 0.4) is 0 Å². The topological polar surface area (TPSA) is 29.9 Å². The van der Waals surface area contributed by atoms with Crippen molar-refractivity contribution >= 4 is 11.3 Å². The Kier molecular flexibility index (Phi) is 4.55. The fraction of sp³-hybridized carbons (Fsp3) is 0.500. The van der Waals surface area contributed by atoms with Gasteiger partial charge in [-0.2, -0.15) is 5.10 Å². The van der Waals surface area contributed by atoms with E-state index in [1.807, 2.05) is 22.2 Å². The fourth-order valence-corrected chi connectivity index (χ4v) is 3.03. The Morgan fingerprint density at radius 1 is 1.39 bits per heavy atom. The lowest BCUT2D eigenvalue weighted by Gasteiger charge is -2.15. The molecular weight excluding hydrogens is 242 g/mol. The molecule has 2 aromatic heterocycles. The first-order valence-corrected chi connectivity index (χ1v) is 7.35. The molecule has 2 rings (SSSR count). The molecule has 98 valence electrons. The average molecular weight is 263 g/mol. The second-order valence-corrected chi connectivity index (χ2v) is 5.79. The highest BCUT2D eigenvalue weighted by atomic mass is 32.1. The third-order valence-corrected chi connectivity index (χ3v) is 4.12. The summed E-state index contributed by atoms with van der Waals surface area (Å²) in [4.78, 5) is 2.79. The van der Waals surface area contributed by atoms with E-state index in [4.69, 9.17) is 0 Å². The van der Waals surface area contributed by atoms with Gasteiger partial charge in [0.1, 0.15) is 0 Å². The van der Waals surface area contributed by atoms with Crippen LogP contribution >= 0.6 is 11.3 Å². The second-order valence-electron chi connectivity index (χ2n) is 4.47. The molecule has 1 unspecified atom stereocenters. The van der Waals surface area contributed by atoms with Crippen LogP contribution in [0.25, 0.3) is 0 Å². The van der Waals surface area contributed by atoms with Crippen LogP contribution in [0.2, 0.25) is 0 Å². The Morgan fingerprint density at radius 3 is 2.78 bits per heavy atom. The molecule has 0 saturated carbocycles. The number of nitrogens with one attached hydrogen (secondary N) is 1. The highest BCUT2D eigenvalue weighted by Crippen LogP contribution is 2.25. The number of likely N-dealkylation sites (N-methyl/N-ethyl adjacent to an activating group) is 1. The molecule has 0 radical (unpaired) electrons. The zero-order chi connectivity index (χ0) is 13.0. The van der Waals surface area contributed by atoms with Crippen molar-refractivity contribution in [2.24, 2.45) is 0 Å². The van der Waals surface area contributed by atoms with Gasteiger partial charge in [-0.15, -0.1) is 11.3 Å². The van der Waals surface area contributed by atoms with Crippen LogP contribution in [0.1, 0.15) is 35.2 Å². The van der Waals surface area contributed by atoms with Gasteiger partial charge in [0.15, 0.2) is 0 Å². The first-order valence-electron chi connectivity index (χ1n) is 6.54. The van der Waals surface area contributed by atoms with E-state index in [9.17, 15) is 0 Å². The quantitative estimate of drug-likeness (QED) is 0.867. The minimum atomic E-state index is 0.406. The van der Waals surface area contributed by atoms with Gasteiger partial charge in [-0.1, -0.05) is 6.92 Å². The van der Waals surface area contributed by atoms with Crippen molar-refractivity contribution in [2.45, 2.75) is 39.8 Å². The third kappa shape index (κ3) is 3.21. The molecule has 0 aliphatic carbocycles. The van der Waals surface area contributed by atoms with Gasteiger partial charge in [-0.3, -0.25) is 4.68 Å². The molecule has 0 aromatic carbocycles. The number of aromatic nitrogens is 2. The molecular formula is C14H21N3S. The maximum absolute atomic E-state index is 4.34. The van der Waals surface area contributed by atoms with Crippen LogP contribution in [-0.4, -0.2) is 16.3 Å². The Labute approximate surface area is 113 Å². The Hall–Kier alpha value is -1.13. The summed E-state index contributed by atoms with van der Waals surface area (Å²) in [5.41, 5.74) is 1.30. The largest absolute Gasteiger partial charge is 0.309 e. The number of hydrogen-bond donors (Lipinski definition) is 1. The van der Waals surface area contributed by atoms with Gasteiger partial charge < -0.3 is 5.32 Å². The van der Waals surface area contributed by atoms with Crippen molar-refractivity contribution in [1.29, 1.82) is 0 Å². The summed E-state index contributed by atoms with van der Waals surface area (Å²) in [6.07, 6.45) is 5.13. The van der Waals surface area contributed by atoms with Crippen LogP contribution in [0.5, 0.6) is 0 Å². The van der Waals surface area contributed by atoms with Gasteiger partial charge in [0.2, 0.25) is 0 Å². The van der Waals surface area contributed by atoms with Crippen molar-refractivity contribution in [3.63, 3.8) is 0 Å². The third-order valence-electron chi connectivity index (χ3n) is 3.01. The summed E-state index contributed by atoms with van der Waals surface area (Å²) in [6.45, 7) is 8.35. The highest BCUT2D eigenvalue weighted by molar-refractivity contribution is 7.12. The lowest BCUT2D eigenvalue weighted by atomic mass is 10.1. The number of thiophene rings is 1. The van der Waals surface area contributed by atoms with Crippen LogP contribution in [0.4, 0.5) is 0 Å². The van der Waals surface area contributed by atoms with E-state index in [-0.39, 0.29) is 0 Å². The van der Waals surface area contributed by atoms with Crippen LogP contribution in [0.15, 0.2) is 24.5 Å². The van der Waals surface area contributed by atoms with E-state index in [1.54, 1.807) is 0 Å². The molecule has 2 aromatic rings. The van der Waals surface area contributed by atoms with Gasteiger partial charge in [0.05, 0.1) is 6.20 Å². The van der Waals surface area contributed by atoms with Gasteiger partial charge in [0.25, 0.3) is 0 Å². The highest BCUT2D eigenvalue weighted by Gasteiger charge is 2.13. The molecule has 0 bridgehead atoms. The van der Waals surface area contributed by atoms with E-state index in [2.05, 4.69) is 49.5 Å². The molecule has 1 N–H and O–H groups in total. The molecule has 4 heteroatoms. The first kappa shape index (κ1) is 13.3. The van der Waals surface area contributed by atoms with E-state index < -0.39 is 0 Å². The van der Waals surface area contributed by atoms with Gasteiger partial charge >= 0.3 is 0 Å². The van der Waals surface area contributed by atoms with E-state index in [0.717, 1.165) is 19.5 Å². The van der Waals surface area contributed by atoms with E-state index >= 15 is 0 Å². The van der Waals surface area contributed by atoms with Gasteiger partial charge in [-0.25, -0.2) is 0 Å². The van der Waals surface area contributed by atoms with Crippen molar-refractivity contribution in [2.75, 3.05) is 6.54 Å². The average Bonchev–Trinajstić information content (AvgIpc) is 2.97. The van der Waals surface area contributed by atoms with Gasteiger partial charge in [-0.05, 0) is 44.5 Å². The summed E-state index contributed by atoms with van der Waals surface area (Å²) in [6, 6.07) is 4.83. The molecule has 0 spiro atoms. The summed E-state index contributed by atoms with van der Waals surface area (Å²) in [5, 5.41) is 7.90. The molecule has 1 atom stereocenters. The van der Waals surface area contributed by atoms with E-state index in [1.165, 1.54) is 15.3 Å². The second kappa shape index (κ2) is 6.16. The number of rotatable bonds is 6. The maximum atomic E-state index is 4.34. The van der Waals surface area contributed by atoms with Crippen molar-refractivity contribution in [3.8, 4) is 0 Å². The molecule has 0 amide bonds. The van der Waals surface area contributed by atoms with Crippen molar-refractivity contribution < 1.29 is 0 Å². The predicted octanol–water partition coefficient (Wildman–Crippen LogP) is 3.17. The lowest BCUT2D eigenvalue weighted by molar-refractivity contribution is 0.557. The zero-order valence-electron chi connectivity index (χ0n) is 11.3. The molecule has 3 nitrogen and oxygen atoms in total. The first-order chi connectivity index (χ1) is 8.72. The molecule has 18 heavy (non-hydrogen) atoms. The molecule has 2 heterocycles. The normalized spacial score (nSPS) is 12.8. The van der Waals surface area contributed by atoms with Gasteiger partial charge in [0, 0.05) is 28.5 Å². The molecule has 0 aliphatic heterocycles. The maximum Gasteiger partial charge on any atom is 0.0522 e. The minimum absolute atomic E-state index is 0.406. The smallest absolute Gasteiger partial charge is 0.0522 e. The van der Waals surface area contributed by atoms with Crippen molar-refractivity contribution in [1.82, 2.24) is 15.1 Å². The fourth-order valence-electron chi connectivity index (χ4n) is 2.08. The molecule has 0 fully saturated rings. The molecule has 0 saturated heterocycles. The Morgan fingerprint density at radius 2 is 2.22 bits per heavy atom. The summed E-state index contributed by atoms with van der Waals surface area (Å²) < 4.78 is 1.98. The zero-order valence-corrected chi connectivity index (χ0v) is 12.1. The Balaban J connectivity index is 2.10. The lowest BCUT2D eigenvalue weighted by Crippen LogP contribution is -2.21. The minimum Gasteiger partial charge on any atom is -0.309 e. The monoisotopic (exact) mass is 263 g/mol. The van der Waals surface area contributed by atoms with Crippen LogP contribution in [-0.2, 0) is 13.0 Å². The van der Waals surface area contributed by atoms with Crippen molar-refractivity contribution in [3.05, 3.63) is 39.8 Å². The van der Waals surface area contributed by atoms with Crippen LogP contribution in [0, 0.1) is 6.92 Å². The summed E-state index contributed by atoms with van der Waals surface area (Å²) in [5.74, 6) is 0. The number of aryl methyl sites for hydroxylation is 2. The van der Waals surface area contributed by atoms with Crippen LogP contribution < -0.4 is 5.32 Å². The summed E-state index contributed by atoms with van der Waals surface area (Å²) in [7, 11) is 0. The van der Waals surface area contributed by atoms with E-state index in [0.29, 0.717) is 6.04 Å². The standard InChI is InChI=1S/C14H21N3S/c1-4-15-13(14-7-6-11(3)18-14)8-12-9-16-17(5-2)10-12/h6-7,9-10,13,15H,4-5,8H2,1-3H3. The number of nitrogens with zero attached hydrogens (tertiary/aromatic N) is 2. The Bertz CT molecular complexity index is 487.